The second-order valence-electron chi connectivity index (χ2n) is 5.99. The van der Waals surface area contributed by atoms with Crippen LogP contribution in [0.1, 0.15) is 59.2 Å². The molecular weight excluding hydrogens is 324 g/mol. The summed E-state index contributed by atoms with van der Waals surface area (Å²) in [6.45, 7) is 13.3. The Bertz CT molecular complexity index is 491. The maximum absolute atomic E-state index is 5.80. The zero-order chi connectivity index (χ0) is 14.8. The van der Waals surface area contributed by atoms with Crippen LogP contribution in [0.25, 0.3) is 0 Å². The summed E-state index contributed by atoms with van der Waals surface area (Å²) < 4.78 is 7.26. The summed E-state index contributed by atoms with van der Waals surface area (Å²) in [4.78, 5) is 7.88. The molecule has 0 fully saturated rings. The molecule has 1 atom stereocenters. The summed E-state index contributed by atoms with van der Waals surface area (Å²) in [5.74, 6) is 1.15. The Balaban J connectivity index is 3.38. The topological polar surface area (TPSA) is 37.9 Å². The van der Waals surface area contributed by atoms with Gasteiger partial charge in [-0.3, -0.25) is 0 Å². The van der Waals surface area contributed by atoms with Crippen molar-refractivity contribution in [2.75, 3.05) is 6.61 Å². The molecule has 0 bridgehead atoms. The highest BCUT2D eigenvalue weighted by atomic mass is 79.9. The van der Waals surface area contributed by atoms with E-state index in [0.717, 1.165) is 16.0 Å². The molecule has 0 radical (unpaired) electrons. The average molecular weight is 347 g/mol. The van der Waals surface area contributed by atoms with E-state index in [1.54, 1.807) is 0 Å². The van der Waals surface area contributed by atoms with Crippen LogP contribution in [-0.2, 0) is 10.2 Å². The molecule has 0 saturated carbocycles. The van der Waals surface area contributed by atoms with E-state index < -0.39 is 0 Å². The molecule has 108 valence electrons. The van der Waals surface area contributed by atoms with Gasteiger partial charge >= 0.3 is 0 Å². The van der Waals surface area contributed by atoms with Crippen molar-refractivity contribution in [3.05, 3.63) is 20.6 Å². The van der Waals surface area contributed by atoms with Gasteiger partial charge in [0, 0.05) is 17.7 Å². The molecular formula is C14H23BrN2OS. The van der Waals surface area contributed by atoms with Gasteiger partial charge in [-0.15, -0.1) is 0 Å². The molecule has 1 rings (SSSR count). The van der Waals surface area contributed by atoms with E-state index in [9.17, 15) is 0 Å². The Kier molecular flexibility index (Phi) is 5.71. The second-order valence-corrected chi connectivity index (χ2v) is 7.17. The summed E-state index contributed by atoms with van der Waals surface area (Å²) in [6, 6.07) is 0. The predicted molar refractivity (Wildman–Crippen MR) is 85.0 cm³/mol. The molecule has 1 heterocycles. The predicted octanol–water partition coefficient (Wildman–Crippen LogP) is 4.93. The summed E-state index contributed by atoms with van der Waals surface area (Å²) in [6.07, 6.45) is -0.0547. The number of aromatic amines is 1. The zero-order valence-electron chi connectivity index (χ0n) is 12.5. The first-order valence-electron chi connectivity index (χ1n) is 6.60. The molecule has 5 heteroatoms. The van der Waals surface area contributed by atoms with E-state index in [1.807, 2.05) is 6.92 Å². The third kappa shape index (κ3) is 4.10. The lowest BCUT2D eigenvalue weighted by Gasteiger charge is -2.25. The van der Waals surface area contributed by atoms with Gasteiger partial charge in [-0.05, 0) is 28.8 Å². The van der Waals surface area contributed by atoms with Crippen molar-refractivity contribution in [1.82, 2.24) is 9.97 Å². The van der Waals surface area contributed by atoms with Gasteiger partial charge in [0.05, 0.1) is 4.47 Å². The summed E-state index contributed by atoms with van der Waals surface area (Å²) >= 11 is 8.89. The highest BCUT2D eigenvalue weighted by Crippen LogP contribution is 2.31. The largest absolute Gasteiger partial charge is 0.370 e. The monoisotopic (exact) mass is 346 g/mol. The third-order valence-corrected chi connectivity index (χ3v) is 4.18. The summed E-state index contributed by atoms with van der Waals surface area (Å²) in [7, 11) is 0. The maximum Gasteiger partial charge on any atom is 0.144 e. The molecule has 0 saturated heterocycles. The van der Waals surface area contributed by atoms with E-state index >= 15 is 0 Å². The van der Waals surface area contributed by atoms with Crippen LogP contribution >= 0.6 is 28.1 Å². The van der Waals surface area contributed by atoms with E-state index in [1.165, 1.54) is 0 Å². The number of rotatable bonds is 4. The van der Waals surface area contributed by atoms with Crippen LogP contribution in [0, 0.1) is 10.6 Å². The molecule has 0 aliphatic carbocycles. The lowest BCUT2D eigenvalue weighted by molar-refractivity contribution is 0.0228. The number of nitrogens with zero attached hydrogens (tertiary/aromatic N) is 1. The van der Waals surface area contributed by atoms with E-state index in [0.29, 0.717) is 17.2 Å². The van der Waals surface area contributed by atoms with Crippen LogP contribution in [0.2, 0.25) is 0 Å². The highest BCUT2D eigenvalue weighted by Gasteiger charge is 2.24. The quantitative estimate of drug-likeness (QED) is 0.785. The number of H-pyrrole nitrogens is 1. The summed E-state index contributed by atoms with van der Waals surface area (Å²) in [5.41, 5.74) is 1.03. The van der Waals surface area contributed by atoms with Crippen molar-refractivity contribution in [3.63, 3.8) is 0 Å². The standard InChI is InChI=1S/C14H23BrN2OS/c1-7-18-10(8(2)3)12-16-11(14(4,5)6)9(15)13(19)17-12/h8,10H,7H2,1-6H3,(H,16,17,19). The average Bonchev–Trinajstić information content (AvgIpc) is 2.27. The van der Waals surface area contributed by atoms with E-state index in [4.69, 9.17) is 17.0 Å². The number of ether oxygens (including phenoxy) is 1. The van der Waals surface area contributed by atoms with E-state index in [2.05, 4.69) is 60.5 Å². The van der Waals surface area contributed by atoms with Crippen LogP contribution in [0.4, 0.5) is 0 Å². The van der Waals surface area contributed by atoms with Crippen molar-refractivity contribution in [2.24, 2.45) is 5.92 Å². The molecule has 1 aromatic rings. The Labute approximate surface area is 129 Å². The minimum atomic E-state index is -0.0547. The number of halogens is 1. The molecule has 0 spiro atoms. The number of hydrogen-bond donors (Lipinski definition) is 1. The molecule has 0 aromatic carbocycles. The van der Waals surface area contributed by atoms with Gasteiger partial charge in [-0.25, -0.2) is 4.98 Å². The number of aromatic nitrogens is 2. The fourth-order valence-corrected chi connectivity index (χ4v) is 2.88. The molecule has 0 aliphatic heterocycles. The molecule has 3 nitrogen and oxygen atoms in total. The maximum atomic E-state index is 5.80. The minimum absolute atomic E-state index is 0.0299. The Morgan fingerprint density at radius 3 is 2.37 bits per heavy atom. The van der Waals surface area contributed by atoms with Crippen LogP contribution in [-0.4, -0.2) is 16.6 Å². The van der Waals surface area contributed by atoms with Gasteiger partial charge in [0.2, 0.25) is 0 Å². The highest BCUT2D eigenvalue weighted by molar-refractivity contribution is 9.10. The zero-order valence-corrected chi connectivity index (χ0v) is 14.9. The van der Waals surface area contributed by atoms with Crippen LogP contribution in [0.3, 0.4) is 0 Å². The molecule has 1 unspecified atom stereocenters. The molecule has 0 aliphatic rings. The molecule has 1 N–H and O–H groups in total. The first-order valence-corrected chi connectivity index (χ1v) is 7.80. The van der Waals surface area contributed by atoms with Crippen LogP contribution < -0.4 is 0 Å². The van der Waals surface area contributed by atoms with Gasteiger partial charge in [0.1, 0.15) is 16.6 Å². The lowest BCUT2D eigenvalue weighted by Crippen LogP contribution is -2.21. The lowest BCUT2D eigenvalue weighted by atomic mass is 9.92. The Hall–Kier alpha value is -0.260. The van der Waals surface area contributed by atoms with Gasteiger partial charge < -0.3 is 9.72 Å². The van der Waals surface area contributed by atoms with Crippen LogP contribution in [0.15, 0.2) is 4.47 Å². The fraction of sp³-hybridized carbons (Fsp3) is 0.714. The van der Waals surface area contributed by atoms with Crippen molar-refractivity contribution in [1.29, 1.82) is 0 Å². The Morgan fingerprint density at radius 1 is 1.37 bits per heavy atom. The van der Waals surface area contributed by atoms with E-state index in [-0.39, 0.29) is 11.5 Å². The first kappa shape index (κ1) is 16.8. The van der Waals surface area contributed by atoms with Crippen molar-refractivity contribution in [2.45, 2.75) is 53.1 Å². The minimum Gasteiger partial charge on any atom is -0.370 e. The van der Waals surface area contributed by atoms with Gasteiger partial charge in [0.15, 0.2) is 0 Å². The Morgan fingerprint density at radius 2 is 1.95 bits per heavy atom. The van der Waals surface area contributed by atoms with Gasteiger partial charge in [-0.1, -0.05) is 46.8 Å². The fourth-order valence-electron chi connectivity index (χ4n) is 1.89. The van der Waals surface area contributed by atoms with Crippen LogP contribution in [0.5, 0.6) is 0 Å². The number of nitrogens with one attached hydrogen (secondary N) is 1. The normalized spacial score (nSPS) is 13.9. The third-order valence-electron chi connectivity index (χ3n) is 2.85. The van der Waals surface area contributed by atoms with Crippen molar-refractivity contribution < 1.29 is 4.74 Å². The van der Waals surface area contributed by atoms with Crippen molar-refractivity contribution in [3.8, 4) is 0 Å². The first-order chi connectivity index (χ1) is 8.68. The summed E-state index contributed by atoms with van der Waals surface area (Å²) in [5, 5.41) is 0. The van der Waals surface area contributed by atoms with Crippen molar-refractivity contribution >= 4 is 28.1 Å². The molecule has 19 heavy (non-hydrogen) atoms. The number of hydrogen-bond acceptors (Lipinski definition) is 3. The molecule has 1 aromatic heterocycles. The van der Waals surface area contributed by atoms with Gasteiger partial charge in [0.25, 0.3) is 0 Å². The molecule has 0 amide bonds. The smallest absolute Gasteiger partial charge is 0.144 e. The second kappa shape index (κ2) is 6.46. The van der Waals surface area contributed by atoms with Gasteiger partial charge in [-0.2, -0.15) is 0 Å². The SMILES string of the molecule is CCOC(c1nc(=S)c(Br)c(C(C)(C)C)[nH]1)C(C)C.